The number of hydrogen-bond donors (Lipinski definition) is 3. The van der Waals surface area contributed by atoms with Gasteiger partial charge in [0, 0.05) is 18.0 Å². The highest BCUT2D eigenvalue weighted by molar-refractivity contribution is 7.20. The molecule has 1 aromatic heterocycles. The van der Waals surface area contributed by atoms with Crippen LogP contribution in [-0.4, -0.2) is 63.0 Å². The highest BCUT2D eigenvalue weighted by atomic mass is 32.1. The van der Waals surface area contributed by atoms with Crippen molar-refractivity contribution in [1.29, 1.82) is 0 Å². The monoisotopic (exact) mass is 610 g/mol. The summed E-state index contributed by atoms with van der Waals surface area (Å²) >= 11 is 1.16. The molecule has 6 rings (SSSR count). The van der Waals surface area contributed by atoms with Crippen LogP contribution >= 0.6 is 11.3 Å². The molecular weight excluding hydrogens is 578 g/mol. The number of thiazole rings is 1. The van der Waals surface area contributed by atoms with Crippen molar-refractivity contribution in [3.05, 3.63) is 66.3 Å². The number of halogens is 2. The summed E-state index contributed by atoms with van der Waals surface area (Å²) in [4.78, 5) is 46.0. The number of benzene rings is 2. The first kappa shape index (κ1) is 29.0. The second kappa shape index (κ2) is 11.9. The van der Waals surface area contributed by atoms with E-state index in [0.717, 1.165) is 37.0 Å². The molecule has 0 bridgehead atoms. The number of carbonyl (C=O) groups excluding carboxylic acids is 2. The largest absolute Gasteiger partial charge is 0.479 e. The molecular formula is C31H32F2N4O5S. The highest BCUT2D eigenvalue weighted by Crippen LogP contribution is 2.45. The van der Waals surface area contributed by atoms with Crippen molar-refractivity contribution in [1.82, 2.24) is 15.2 Å². The van der Waals surface area contributed by atoms with Gasteiger partial charge in [-0.05, 0) is 62.1 Å². The summed E-state index contributed by atoms with van der Waals surface area (Å²) < 4.78 is 34.4. The second-order valence-electron chi connectivity index (χ2n) is 11.4. The Hall–Kier alpha value is -4.06. The minimum Gasteiger partial charge on any atom is -0.479 e. The number of ether oxygens (including phenoxy) is 1. The Balaban J connectivity index is 1.29. The standard InChI is InChI=1S/C31H32F2N4O5S/c32-19-8-6-9-21(13-19)34-24-10-5-3-1-2-4-7-18-16-31(18,29(40)41)36-27(38)25-15-22(17-37(25)28(24)39)42-30-35-23-12-11-20(33)14-26(23)43-30/h4,6-9,11-14,18,22,24-25,34H,1-3,5,10,15-17H2,(H,36,38)(H,40,41)/b7-4-/t18-,22+,24-,25-,31+/m0/s1. The van der Waals surface area contributed by atoms with E-state index >= 15 is 0 Å². The van der Waals surface area contributed by atoms with E-state index < -0.39 is 47.2 Å². The Morgan fingerprint density at radius 2 is 1.98 bits per heavy atom. The number of carboxylic acids is 1. The zero-order chi connectivity index (χ0) is 30.1. The van der Waals surface area contributed by atoms with E-state index in [9.17, 15) is 28.3 Å². The molecule has 2 aromatic carbocycles. The third-order valence-electron chi connectivity index (χ3n) is 8.39. The van der Waals surface area contributed by atoms with Crippen LogP contribution in [0.1, 0.15) is 44.9 Å². The molecule has 5 atom stereocenters. The van der Waals surface area contributed by atoms with Gasteiger partial charge in [0.05, 0.1) is 16.8 Å². The predicted molar refractivity (Wildman–Crippen MR) is 157 cm³/mol. The van der Waals surface area contributed by atoms with Crippen molar-refractivity contribution in [2.75, 3.05) is 11.9 Å². The molecule has 226 valence electrons. The number of amides is 2. The summed E-state index contributed by atoms with van der Waals surface area (Å²) in [6.45, 7) is 0.0614. The zero-order valence-corrected chi connectivity index (χ0v) is 24.1. The van der Waals surface area contributed by atoms with Gasteiger partial charge in [0.25, 0.3) is 5.19 Å². The van der Waals surface area contributed by atoms with Gasteiger partial charge in [0.15, 0.2) is 0 Å². The Morgan fingerprint density at radius 3 is 2.79 bits per heavy atom. The summed E-state index contributed by atoms with van der Waals surface area (Å²) in [7, 11) is 0. The fraction of sp³-hybridized carbons (Fsp3) is 0.419. The van der Waals surface area contributed by atoms with Crippen LogP contribution in [0.4, 0.5) is 14.5 Å². The molecule has 2 amide bonds. The number of rotatable bonds is 5. The third-order valence-corrected chi connectivity index (χ3v) is 9.29. The normalized spacial score (nSPS) is 28.7. The summed E-state index contributed by atoms with van der Waals surface area (Å²) in [5.41, 5.74) is -0.407. The lowest BCUT2D eigenvalue weighted by Gasteiger charge is -2.30. The van der Waals surface area contributed by atoms with E-state index in [2.05, 4.69) is 15.6 Å². The topological polar surface area (TPSA) is 121 Å². The maximum absolute atomic E-state index is 14.1. The molecule has 3 heterocycles. The molecule has 1 aliphatic carbocycles. The maximum Gasteiger partial charge on any atom is 0.330 e. The van der Waals surface area contributed by atoms with Crippen LogP contribution in [0.2, 0.25) is 0 Å². The van der Waals surface area contributed by atoms with Crippen LogP contribution in [0, 0.1) is 17.6 Å². The van der Waals surface area contributed by atoms with Crippen LogP contribution in [0.5, 0.6) is 5.19 Å². The molecule has 1 saturated heterocycles. The molecule has 3 aromatic rings. The van der Waals surface area contributed by atoms with Crippen LogP contribution in [0.15, 0.2) is 54.6 Å². The molecule has 2 aliphatic heterocycles. The average molecular weight is 611 g/mol. The van der Waals surface area contributed by atoms with Crippen molar-refractivity contribution >= 4 is 45.0 Å². The fourth-order valence-electron chi connectivity index (χ4n) is 6.00. The number of aliphatic carboxylic acids is 1. The van der Waals surface area contributed by atoms with Crippen molar-refractivity contribution in [2.24, 2.45) is 5.92 Å². The minimum atomic E-state index is -1.42. The Kier molecular flexibility index (Phi) is 8.04. The summed E-state index contributed by atoms with van der Waals surface area (Å²) in [6, 6.07) is 8.35. The van der Waals surface area contributed by atoms with Gasteiger partial charge >= 0.3 is 5.97 Å². The Bertz CT molecular complexity index is 1580. The number of nitrogens with zero attached hydrogens (tertiary/aromatic N) is 2. The van der Waals surface area contributed by atoms with Crippen LogP contribution < -0.4 is 15.4 Å². The van der Waals surface area contributed by atoms with Crippen LogP contribution in [0.3, 0.4) is 0 Å². The van der Waals surface area contributed by atoms with Gasteiger partial charge in [-0.2, -0.15) is 0 Å². The minimum absolute atomic E-state index is 0.0614. The number of fused-ring (bicyclic) bond motifs is 3. The van der Waals surface area contributed by atoms with Gasteiger partial charge in [-0.1, -0.05) is 42.4 Å². The van der Waals surface area contributed by atoms with Gasteiger partial charge in [-0.3, -0.25) is 9.59 Å². The van der Waals surface area contributed by atoms with E-state index in [1.165, 1.54) is 29.2 Å². The van der Waals surface area contributed by atoms with E-state index in [-0.39, 0.29) is 36.4 Å². The number of carbonyl (C=O) groups is 3. The summed E-state index contributed by atoms with van der Waals surface area (Å²) in [5.74, 6) is -3.20. The molecule has 1 saturated carbocycles. The number of nitrogens with one attached hydrogen (secondary N) is 2. The summed E-state index contributed by atoms with van der Waals surface area (Å²) in [5, 5.41) is 16.2. The van der Waals surface area contributed by atoms with Crippen LogP contribution in [-0.2, 0) is 14.4 Å². The molecule has 12 heteroatoms. The molecule has 43 heavy (non-hydrogen) atoms. The number of allylic oxidation sites excluding steroid dienone is 1. The van der Waals surface area contributed by atoms with Gasteiger partial charge in [-0.15, -0.1) is 0 Å². The van der Waals surface area contributed by atoms with Crippen molar-refractivity contribution in [2.45, 2.75) is 68.7 Å². The van der Waals surface area contributed by atoms with Gasteiger partial charge < -0.3 is 25.4 Å². The SMILES string of the molecule is O=C1N[C@]2(C(=O)O)C[C@@H]2/C=C\CCCCC[C@H](Nc2cccc(F)c2)C(=O)N2C[C@H](Oc3nc4ccc(F)cc4s3)C[C@@H]12. The van der Waals surface area contributed by atoms with Gasteiger partial charge in [0.2, 0.25) is 11.8 Å². The molecule has 0 unspecified atom stereocenters. The molecule has 9 nitrogen and oxygen atoms in total. The van der Waals surface area contributed by atoms with Crippen LogP contribution in [0.25, 0.3) is 10.2 Å². The molecule has 0 spiro atoms. The first-order valence-electron chi connectivity index (χ1n) is 14.5. The number of anilines is 1. The van der Waals surface area contributed by atoms with E-state index in [4.69, 9.17) is 4.74 Å². The first-order chi connectivity index (χ1) is 20.7. The number of carboxylic acid groups (broad SMARTS) is 1. The zero-order valence-electron chi connectivity index (χ0n) is 23.3. The lowest BCUT2D eigenvalue weighted by Crippen LogP contribution is -2.55. The fourth-order valence-corrected chi connectivity index (χ4v) is 6.90. The average Bonchev–Trinajstić information content (AvgIpc) is 3.29. The molecule has 2 fully saturated rings. The first-order valence-corrected chi connectivity index (χ1v) is 15.3. The molecule has 0 radical (unpaired) electrons. The van der Waals surface area contributed by atoms with Gasteiger partial charge in [0.1, 0.15) is 35.4 Å². The van der Waals surface area contributed by atoms with Crippen molar-refractivity contribution < 1.29 is 33.0 Å². The Morgan fingerprint density at radius 1 is 1.14 bits per heavy atom. The predicted octanol–water partition coefficient (Wildman–Crippen LogP) is 4.88. The lowest BCUT2D eigenvalue weighted by molar-refractivity contribution is -0.145. The highest BCUT2D eigenvalue weighted by Gasteiger charge is 2.61. The van der Waals surface area contributed by atoms with E-state index in [1.807, 2.05) is 12.2 Å². The van der Waals surface area contributed by atoms with E-state index in [0.29, 0.717) is 22.3 Å². The van der Waals surface area contributed by atoms with Gasteiger partial charge in [-0.25, -0.2) is 18.6 Å². The lowest BCUT2D eigenvalue weighted by atomic mass is 10.0. The Labute approximate surface area is 250 Å². The van der Waals surface area contributed by atoms with Crippen molar-refractivity contribution in [3.63, 3.8) is 0 Å². The third kappa shape index (κ3) is 6.20. The molecule has 3 N–H and O–H groups in total. The number of aromatic nitrogens is 1. The second-order valence-corrected chi connectivity index (χ2v) is 12.4. The summed E-state index contributed by atoms with van der Waals surface area (Å²) in [6.07, 6.45) is 7.26. The smallest absolute Gasteiger partial charge is 0.330 e. The van der Waals surface area contributed by atoms with E-state index in [1.54, 1.807) is 18.2 Å². The molecule has 3 aliphatic rings. The van der Waals surface area contributed by atoms with Crippen molar-refractivity contribution in [3.8, 4) is 5.19 Å². The quantitative estimate of drug-likeness (QED) is 0.352. The number of hydrogen-bond acceptors (Lipinski definition) is 7. The maximum atomic E-state index is 14.1.